The summed E-state index contributed by atoms with van der Waals surface area (Å²) in [5.41, 5.74) is 0.246. The summed E-state index contributed by atoms with van der Waals surface area (Å²) in [4.78, 5) is 23.4. The predicted molar refractivity (Wildman–Crippen MR) is 40.6 cm³/mol. The summed E-state index contributed by atoms with van der Waals surface area (Å²) in [5.74, 6) is -0.605. The summed E-state index contributed by atoms with van der Waals surface area (Å²) in [7, 11) is 0. The van der Waals surface area contributed by atoms with Crippen LogP contribution in [0.2, 0.25) is 0 Å². The molecule has 0 aliphatic heterocycles. The Bertz CT molecular complexity index is 336. The minimum atomic E-state index is -0.662. The van der Waals surface area contributed by atoms with Crippen molar-refractivity contribution in [3.8, 4) is 5.75 Å². The average Bonchev–Trinajstić information content (AvgIpc) is 2.06. The number of phenols is 1. The number of hydrogen-bond donors (Lipinski definition) is 1. The predicted octanol–water partition coefficient (Wildman–Crippen LogP) is 0.868. The third-order valence-electron chi connectivity index (χ3n) is 1.26. The van der Waals surface area contributed by atoms with E-state index in [4.69, 9.17) is 5.11 Å². The Labute approximate surface area is 68.2 Å². The standard InChI is InChI=1S/C8H5NO3/c10-5-9-8(12)6-1-3-7(11)4-2-6/h1-4,11H. The summed E-state index contributed by atoms with van der Waals surface area (Å²) in [6, 6.07) is 5.43. The summed E-state index contributed by atoms with van der Waals surface area (Å²) < 4.78 is 0. The van der Waals surface area contributed by atoms with Gasteiger partial charge in [-0.15, -0.1) is 4.99 Å². The Morgan fingerprint density at radius 3 is 2.42 bits per heavy atom. The first-order valence-corrected chi connectivity index (χ1v) is 3.15. The number of carbonyl (C=O) groups excluding carboxylic acids is 2. The van der Waals surface area contributed by atoms with Crippen molar-refractivity contribution in [1.82, 2.24) is 0 Å². The molecular formula is C8H5NO3. The largest absolute Gasteiger partial charge is 0.508 e. The third-order valence-corrected chi connectivity index (χ3v) is 1.26. The van der Waals surface area contributed by atoms with Gasteiger partial charge in [0.05, 0.1) is 0 Å². The number of nitrogens with zero attached hydrogens (tertiary/aromatic N) is 1. The molecule has 0 radical (unpaired) electrons. The van der Waals surface area contributed by atoms with Gasteiger partial charge in [-0.25, -0.2) is 4.79 Å². The number of phenolic OH excluding ortho intramolecular Hbond substituents is 1. The van der Waals surface area contributed by atoms with Gasteiger partial charge in [0.1, 0.15) is 5.75 Å². The van der Waals surface area contributed by atoms with Crippen LogP contribution in [0.5, 0.6) is 5.75 Å². The molecule has 0 aromatic heterocycles. The first-order valence-electron chi connectivity index (χ1n) is 3.15. The Morgan fingerprint density at radius 2 is 1.92 bits per heavy atom. The SMILES string of the molecule is O=C=NC(=O)c1ccc(O)cc1. The van der Waals surface area contributed by atoms with Crippen LogP contribution in [0.3, 0.4) is 0 Å². The second-order valence-corrected chi connectivity index (χ2v) is 2.06. The summed E-state index contributed by atoms with van der Waals surface area (Å²) in [6.45, 7) is 0. The molecule has 0 saturated heterocycles. The highest BCUT2D eigenvalue weighted by molar-refractivity contribution is 5.97. The number of rotatable bonds is 1. The van der Waals surface area contributed by atoms with Gasteiger partial charge in [0.15, 0.2) is 0 Å². The molecule has 1 rings (SSSR count). The molecule has 0 bridgehead atoms. The number of aromatic hydroxyl groups is 1. The van der Waals surface area contributed by atoms with Gasteiger partial charge in [0, 0.05) is 5.56 Å². The summed E-state index contributed by atoms with van der Waals surface area (Å²) in [5, 5.41) is 8.85. The van der Waals surface area contributed by atoms with E-state index in [1.54, 1.807) is 0 Å². The van der Waals surface area contributed by atoms with E-state index in [9.17, 15) is 9.59 Å². The second-order valence-electron chi connectivity index (χ2n) is 2.06. The molecule has 0 aliphatic carbocycles. The van der Waals surface area contributed by atoms with Gasteiger partial charge in [-0.3, -0.25) is 4.79 Å². The molecular weight excluding hydrogens is 158 g/mol. The van der Waals surface area contributed by atoms with E-state index in [2.05, 4.69) is 4.99 Å². The zero-order valence-corrected chi connectivity index (χ0v) is 6.02. The maximum absolute atomic E-state index is 10.8. The van der Waals surface area contributed by atoms with Crippen LogP contribution in [0.1, 0.15) is 10.4 Å². The van der Waals surface area contributed by atoms with E-state index in [1.807, 2.05) is 0 Å². The van der Waals surface area contributed by atoms with Crippen molar-refractivity contribution in [2.45, 2.75) is 0 Å². The molecule has 12 heavy (non-hydrogen) atoms. The molecule has 0 saturated carbocycles. The molecule has 4 nitrogen and oxygen atoms in total. The molecule has 1 aromatic rings. The number of amides is 1. The lowest BCUT2D eigenvalue weighted by atomic mass is 10.2. The number of benzene rings is 1. The second kappa shape index (κ2) is 3.46. The van der Waals surface area contributed by atoms with E-state index in [0.717, 1.165) is 6.08 Å². The highest BCUT2D eigenvalue weighted by Gasteiger charge is 2.01. The fourth-order valence-corrected chi connectivity index (χ4v) is 0.710. The van der Waals surface area contributed by atoms with Crippen molar-refractivity contribution in [3.05, 3.63) is 29.8 Å². The Kier molecular flexibility index (Phi) is 2.35. The van der Waals surface area contributed by atoms with E-state index < -0.39 is 5.91 Å². The van der Waals surface area contributed by atoms with Crippen LogP contribution in [-0.2, 0) is 4.79 Å². The number of aliphatic imine (C=N–C) groups is 1. The van der Waals surface area contributed by atoms with Crippen LogP contribution in [0.4, 0.5) is 0 Å². The normalized spacial score (nSPS) is 8.67. The molecule has 1 aromatic carbocycles. The van der Waals surface area contributed by atoms with Crippen molar-refractivity contribution in [1.29, 1.82) is 0 Å². The number of hydrogen-bond acceptors (Lipinski definition) is 3. The van der Waals surface area contributed by atoms with Crippen LogP contribution >= 0.6 is 0 Å². The van der Waals surface area contributed by atoms with Crippen LogP contribution in [0.15, 0.2) is 29.3 Å². The molecule has 0 atom stereocenters. The minimum absolute atomic E-state index is 0.0571. The third kappa shape index (κ3) is 1.78. The van der Waals surface area contributed by atoms with Gasteiger partial charge in [0.25, 0.3) is 5.91 Å². The highest BCUT2D eigenvalue weighted by Crippen LogP contribution is 2.09. The van der Waals surface area contributed by atoms with Crippen LogP contribution in [0, 0.1) is 0 Å². The van der Waals surface area contributed by atoms with Gasteiger partial charge >= 0.3 is 0 Å². The monoisotopic (exact) mass is 163 g/mol. The van der Waals surface area contributed by atoms with Crippen molar-refractivity contribution in [2.75, 3.05) is 0 Å². The van der Waals surface area contributed by atoms with Gasteiger partial charge in [0.2, 0.25) is 6.08 Å². The van der Waals surface area contributed by atoms with Crippen molar-refractivity contribution in [3.63, 3.8) is 0 Å². The smallest absolute Gasteiger partial charge is 0.287 e. The van der Waals surface area contributed by atoms with Crippen LogP contribution < -0.4 is 0 Å². The Hall–Kier alpha value is -1.93. The maximum atomic E-state index is 10.8. The van der Waals surface area contributed by atoms with E-state index in [-0.39, 0.29) is 11.3 Å². The van der Waals surface area contributed by atoms with E-state index >= 15 is 0 Å². The van der Waals surface area contributed by atoms with E-state index in [1.165, 1.54) is 24.3 Å². The first kappa shape index (κ1) is 8.17. The van der Waals surface area contributed by atoms with Crippen molar-refractivity contribution < 1.29 is 14.7 Å². The molecule has 1 amide bonds. The minimum Gasteiger partial charge on any atom is -0.508 e. The zero-order chi connectivity index (χ0) is 8.97. The Balaban J connectivity index is 2.97. The van der Waals surface area contributed by atoms with Crippen LogP contribution in [-0.4, -0.2) is 17.1 Å². The average molecular weight is 163 g/mol. The molecule has 0 aliphatic rings. The fraction of sp³-hybridized carbons (Fsp3) is 0. The Morgan fingerprint density at radius 1 is 1.33 bits per heavy atom. The van der Waals surface area contributed by atoms with Crippen molar-refractivity contribution in [2.24, 2.45) is 4.99 Å². The molecule has 1 N–H and O–H groups in total. The lowest BCUT2D eigenvalue weighted by Crippen LogP contribution is -1.92. The fourth-order valence-electron chi connectivity index (χ4n) is 0.710. The summed E-state index contributed by atoms with van der Waals surface area (Å²) >= 11 is 0. The van der Waals surface area contributed by atoms with Gasteiger partial charge in [-0.1, -0.05) is 0 Å². The molecule has 60 valence electrons. The molecule has 0 spiro atoms. The van der Waals surface area contributed by atoms with Gasteiger partial charge < -0.3 is 5.11 Å². The summed E-state index contributed by atoms with van der Waals surface area (Å²) in [6.07, 6.45) is 1.14. The maximum Gasteiger partial charge on any atom is 0.287 e. The molecule has 0 unspecified atom stereocenters. The highest BCUT2D eigenvalue weighted by atomic mass is 16.3. The number of carbonyl (C=O) groups is 1. The van der Waals surface area contributed by atoms with Crippen LogP contribution in [0.25, 0.3) is 0 Å². The first-order chi connectivity index (χ1) is 5.74. The van der Waals surface area contributed by atoms with E-state index in [0.29, 0.717) is 0 Å². The quantitative estimate of drug-likeness (QED) is 0.493. The van der Waals surface area contributed by atoms with Gasteiger partial charge in [-0.2, -0.15) is 0 Å². The lowest BCUT2D eigenvalue weighted by molar-refractivity contribution is 0.100. The molecule has 0 fully saturated rings. The van der Waals surface area contributed by atoms with Gasteiger partial charge in [-0.05, 0) is 24.3 Å². The zero-order valence-electron chi connectivity index (χ0n) is 6.02. The topological polar surface area (TPSA) is 66.7 Å². The lowest BCUT2D eigenvalue weighted by Gasteiger charge is -1.92. The molecule has 4 heteroatoms. The number of isocyanates is 1. The van der Waals surface area contributed by atoms with Crippen molar-refractivity contribution >= 4 is 12.0 Å². The molecule has 0 heterocycles.